The zero-order chi connectivity index (χ0) is 23.7. The molecule has 0 saturated carbocycles. The summed E-state index contributed by atoms with van der Waals surface area (Å²) in [6, 6.07) is 11.2. The van der Waals surface area contributed by atoms with Crippen molar-refractivity contribution in [3.8, 4) is 0 Å². The molecule has 0 bridgehead atoms. The van der Waals surface area contributed by atoms with Gasteiger partial charge in [-0.2, -0.15) is 0 Å². The summed E-state index contributed by atoms with van der Waals surface area (Å²) < 4.78 is 28.8. The molecule has 7 heteroatoms. The third-order valence-corrected chi connectivity index (χ3v) is 6.96. The third kappa shape index (κ3) is 4.39. The Balaban J connectivity index is 1.30. The number of dihydropyridines is 1. The summed E-state index contributed by atoms with van der Waals surface area (Å²) in [4.78, 5) is 33.4. The van der Waals surface area contributed by atoms with Gasteiger partial charge < -0.3 is 9.80 Å². The molecule has 2 aromatic rings. The quantitative estimate of drug-likeness (QED) is 0.677. The normalized spacial score (nSPS) is 18.6. The van der Waals surface area contributed by atoms with Crippen LogP contribution in [0, 0.1) is 11.6 Å². The number of carbonyl (C=O) groups is 2. The zero-order valence-electron chi connectivity index (χ0n) is 19.0. The highest BCUT2D eigenvalue weighted by molar-refractivity contribution is 6.14. The second kappa shape index (κ2) is 9.49. The van der Waals surface area contributed by atoms with E-state index in [1.807, 2.05) is 4.90 Å². The maximum absolute atomic E-state index is 14.7. The topological polar surface area (TPSA) is 53.0 Å². The van der Waals surface area contributed by atoms with Crippen LogP contribution in [-0.2, 0) is 11.2 Å². The van der Waals surface area contributed by atoms with Gasteiger partial charge in [0.15, 0.2) is 5.78 Å². The number of carbonyl (C=O) groups excluding carboxylic acids is 2. The third-order valence-electron chi connectivity index (χ3n) is 6.96. The van der Waals surface area contributed by atoms with Crippen LogP contribution in [0.2, 0.25) is 0 Å². The zero-order valence-corrected chi connectivity index (χ0v) is 19.0. The molecule has 2 aliphatic heterocycles. The van der Waals surface area contributed by atoms with Crippen molar-refractivity contribution in [1.82, 2.24) is 4.90 Å². The van der Waals surface area contributed by atoms with Crippen LogP contribution in [0.25, 0.3) is 0 Å². The van der Waals surface area contributed by atoms with E-state index in [9.17, 15) is 18.4 Å². The second-order valence-electron chi connectivity index (χ2n) is 9.07. The Hall–Kier alpha value is -3.35. The van der Waals surface area contributed by atoms with E-state index in [1.165, 1.54) is 12.1 Å². The van der Waals surface area contributed by atoms with E-state index >= 15 is 0 Å². The smallest absolute Gasteiger partial charge is 0.256 e. The van der Waals surface area contributed by atoms with Gasteiger partial charge in [-0.25, -0.2) is 8.78 Å². The molecule has 0 N–H and O–H groups in total. The van der Waals surface area contributed by atoms with Gasteiger partial charge in [0.2, 0.25) is 0 Å². The van der Waals surface area contributed by atoms with Crippen LogP contribution in [-0.4, -0.2) is 55.0 Å². The predicted octanol–water partition coefficient (Wildman–Crippen LogP) is 4.36. The van der Waals surface area contributed by atoms with Crippen molar-refractivity contribution in [2.24, 2.45) is 4.99 Å². The molecule has 0 atom stereocenters. The van der Waals surface area contributed by atoms with E-state index in [0.29, 0.717) is 38.3 Å². The lowest BCUT2D eigenvalue weighted by molar-refractivity contribution is -0.114. The first-order valence-corrected chi connectivity index (χ1v) is 11.9. The molecule has 1 fully saturated rings. The number of allylic oxidation sites excluding steroid dienone is 1. The van der Waals surface area contributed by atoms with Crippen LogP contribution in [0.3, 0.4) is 0 Å². The molecule has 1 saturated heterocycles. The number of anilines is 1. The Morgan fingerprint density at radius 2 is 1.65 bits per heavy atom. The molecule has 3 aliphatic rings. The van der Waals surface area contributed by atoms with E-state index in [4.69, 9.17) is 0 Å². The Morgan fingerprint density at radius 3 is 2.41 bits per heavy atom. The van der Waals surface area contributed by atoms with Gasteiger partial charge in [0.1, 0.15) is 18.2 Å². The van der Waals surface area contributed by atoms with E-state index in [0.717, 1.165) is 48.1 Å². The van der Waals surface area contributed by atoms with Crippen molar-refractivity contribution < 1.29 is 18.4 Å². The average Bonchev–Trinajstić information content (AvgIpc) is 2.87. The number of nitrogens with zero attached hydrogens (tertiary/aromatic N) is 3. The lowest BCUT2D eigenvalue weighted by Crippen LogP contribution is -2.49. The van der Waals surface area contributed by atoms with Crippen LogP contribution >= 0.6 is 0 Å². The van der Waals surface area contributed by atoms with Crippen LogP contribution in [0.15, 0.2) is 58.6 Å². The SMILES string of the molecule is O=C1CN=C(Cc2ccc(F)c(C(=O)N3CCN(c4ccccc4F)CC3)c2)C2=C1CCCC2. The maximum Gasteiger partial charge on any atom is 0.256 e. The number of halogens is 2. The summed E-state index contributed by atoms with van der Waals surface area (Å²) in [5, 5.41) is 0. The van der Waals surface area contributed by atoms with Crippen molar-refractivity contribution in [3.63, 3.8) is 0 Å². The molecular weight excluding hydrogens is 436 g/mol. The highest BCUT2D eigenvalue weighted by Crippen LogP contribution is 2.30. The molecule has 2 aromatic carbocycles. The maximum atomic E-state index is 14.7. The number of amides is 1. The van der Waals surface area contributed by atoms with Gasteiger partial charge in [-0.1, -0.05) is 18.2 Å². The number of hydrogen-bond donors (Lipinski definition) is 0. The van der Waals surface area contributed by atoms with Gasteiger partial charge in [-0.05, 0) is 61.1 Å². The number of hydrogen-bond acceptors (Lipinski definition) is 4. The molecular formula is C27H27F2N3O2. The highest BCUT2D eigenvalue weighted by Gasteiger charge is 2.28. The standard InChI is InChI=1S/C27H27F2N3O2/c28-22-10-9-18(16-24-19-5-1-2-6-20(19)26(33)17-30-24)15-21(22)27(34)32-13-11-31(12-14-32)25-8-4-3-7-23(25)29/h3-4,7-10,15H,1-2,5-6,11-14,16-17H2. The van der Waals surface area contributed by atoms with Crippen molar-refractivity contribution in [2.75, 3.05) is 37.6 Å². The summed E-state index contributed by atoms with van der Waals surface area (Å²) >= 11 is 0. The van der Waals surface area contributed by atoms with Crippen LogP contribution < -0.4 is 4.90 Å². The number of piperazine rings is 1. The summed E-state index contributed by atoms with van der Waals surface area (Å²) in [7, 11) is 0. The van der Waals surface area contributed by atoms with E-state index in [2.05, 4.69) is 4.99 Å². The Labute approximate surface area is 197 Å². The Bertz CT molecular complexity index is 1200. The Morgan fingerprint density at radius 1 is 0.912 bits per heavy atom. The van der Waals surface area contributed by atoms with Crippen molar-refractivity contribution in [1.29, 1.82) is 0 Å². The minimum Gasteiger partial charge on any atom is -0.366 e. The minimum absolute atomic E-state index is 0.0437. The summed E-state index contributed by atoms with van der Waals surface area (Å²) in [6.07, 6.45) is 4.19. The summed E-state index contributed by atoms with van der Waals surface area (Å²) in [6.45, 7) is 1.92. The number of Topliss-reactive ketones (excluding diaryl/α,β-unsaturated/α-hetero) is 1. The molecule has 0 unspecified atom stereocenters. The van der Waals surface area contributed by atoms with Gasteiger partial charge >= 0.3 is 0 Å². The molecule has 0 spiro atoms. The lowest BCUT2D eigenvalue weighted by atomic mass is 9.83. The first-order valence-electron chi connectivity index (χ1n) is 11.9. The average molecular weight is 464 g/mol. The van der Waals surface area contributed by atoms with Gasteiger partial charge in [0.05, 0.1) is 11.3 Å². The fourth-order valence-corrected chi connectivity index (χ4v) is 5.12. The largest absolute Gasteiger partial charge is 0.366 e. The van der Waals surface area contributed by atoms with Crippen LogP contribution in [0.5, 0.6) is 0 Å². The summed E-state index contributed by atoms with van der Waals surface area (Å²) in [5.41, 5.74) is 4.21. The monoisotopic (exact) mass is 463 g/mol. The van der Waals surface area contributed by atoms with Crippen molar-refractivity contribution in [2.45, 2.75) is 32.1 Å². The molecule has 176 valence electrons. The lowest BCUT2D eigenvalue weighted by Gasteiger charge is -2.36. The number of rotatable bonds is 4. The molecule has 5 nitrogen and oxygen atoms in total. The van der Waals surface area contributed by atoms with E-state index in [-0.39, 0.29) is 29.6 Å². The first-order chi connectivity index (χ1) is 16.5. The van der Waals surface area contributed by atoms with Crippen LogP contribution in [0.4, 0.5) is 14.5 Å². The summed E-state index contributed by atoms with van der Waals surface area (Å²) in [5.74, 6) is -1.08. The molecule has 0 radical (unpaired) electrons. The van der Waals surface area contributed by atoms with Gasteiger partial charge in [-0.15, -0.1) is 0 Å². The number of aliphatic imine (C=N–C) groups is 1. The van der Waals surface area contributed by atoms with Crippen molar-refractivity contribution >= 4 is 23.1 Å². The molecule has 0 aromatic heterocycles. The second-order valence-corrected chi connectivity index (χ2v) is 9.07. The van der Waals surface area contributed by atoms with Gasteiger partial charge in [-0.3, -0.25) is 14.6 Å². The fourth-order valence-electron chi connectivity index (χ4n) is 5.12. The van der Waals surface area contributed by atoms with Crippen LogP contribution in [0.1, 0.15) is 41.6 Å². The molecule has 34 heavy (non-hydrogen) atoms. The fraction of sp³-hybridized carbons (Fsp3) is 0.370. The molecule has 2 heterocycles. The van der Waals surface area contributed by atoms with E-state index in [1.54, 1.807) is 35.2 Å². The number of ketones is 1. The molecule has 1 aliphatic carbocycles. The predicted molar refractivity (Wildman–Crippen MR) is 127 cm³/mol. The van der Waals surface area contributed by atoms with Gasteiger partial charge in [0, 0.05) is 43.9 Å². The van der Waals surface area contributed by atoms with Crippen molar-refractivity contribution in [3.05, 3.63) is 76.4 Å². The van der Waals surface area contributed by atoms with E-state index < -0.39 is 5.82 Å². The number of benzene rings is 2. The Kier molecular flexibility index (Phi) is 6.26. The first kappa shape index (κ1) is 22.4. The number of para-hydroxylation sites is 1. The van der Waals surface area contributed by atoms with Gasteiger partial charge in [0.25, 0.3) is 5.91 Å². The molecule has 5 rings (SSSR count). The minimum atomic E-state index is -0.552. The molecule has 1 amide bonds. The highest BCUT2D eigenvalue weighted by atomic mass is 19.1.